The van der Waals surface area contributed by atoms with Crippen LogP contribution in [0, 0.1) is 17.1 Å². The molecule has 0 aliphatic carbocycles. The van der Waals surface area contributed by atoms with E-state index in [9.17, 15) is 22.4 Å². The summed E-state index contributed by atoms with van der Waals surface area (Å²) in [6.45, 7) is -0.431. The van der Waals surface area contributed by atoms with Gasteiger partial charge in [-0.1, -0.05) is 6.07 Å². The zero-order valence-electron chi connectivity index (χ0n) is 11.4. The highest BCUT2D eigenvalue weighted by atomic mass is 19.4. The molecule has 4 nitrogen and oxygen atoms in total. The van der Waals surface area contributed by atoms with Gasteiger partial charge < -0.3 is 4.74 Å². The molecule has 0 atom stereocenters. The van der Waals surface area contributed by atoms with E-state index in [0.717, 1.165) is 12.1 Å². The molecular formula is C15H8F4N2O2. The molecule has 0 saturated carbocycles. The number of nitrogens with zero attached hydrogens (tertiary/aromatic N) is 2. The van der Waals surface area contributed by atoms with Crippen LogP contribution in [0.25, 0.3) is 0 Å². The fourth-order valence-corrected chi connectivity index (χ4v) is 1.63. The average molecular weight is 324 g/mol. The van der Waals surface area contributed by atoms with Gasteiger partial charge in [-0.3, -0.25) is 0 Å². The SMILES string of the molecule is N#Cc1ccc(COC(=O)c2ccc(C(F)(F)F)cn2)c(F)c1. The fraction of sp³-hybridized carbons (Fsp3) is 0.133. The third-order valence-electron chi connectivity index (χ3n) is 2.84. The Labute approximate surface area is 127 Å². The Morgan fingerprint density at radius 1 is 1.26 bits per heavy atom. The number of carbonyl (C=O) groups excluding carboxylic acids is 1. The van der Waals surface area contributed by atoms with Gasteiger partial charge in [0.2, 0.25) is 0 Å². The van der Waals surface area contributed by atoms with Gasteiger partial charge in [0.05, 0.1) is 17.2 Å². The van der Waals surface area contributed by atoms with E-state index in [1.807, 2.05) is 0 Å². The standard InChI is InChI=1S/C15H8F4N2O2/c16-12-5-9(6-20)1-2-10(12)8-23-14(22)13-4-3-11(7-21-13)15(17,18)19/h1-5,7H,8H2. The van der Waals surface area contributed by atoms with Crippen LogP contribution in [0.2, 0.25) is 0 Å². The van der Waals surface area contributed by atoms with Gasteiger partial charge in [-0.2, -0.15) is 18.4 Å². The minimum atomic E-state index is -4.55. The first-order valence-corrected chi connectivity index (χ1v) is 6.20. The molecule has 118 valence electrons. The summed E-state index contributed by atoms with van der Waals surface area (Å²) in [6, 6.07) is 6.94. The van der Waals surface area contributed by atoms with Gasteiger partial charge in [-0.15, -0.1) is 0 Å². The van der Waals surface area contributed by atoms with Gasteiger partial charge in [-0.25, -0.2) is 14.2 Å². The molecule has 0 aliphatic rings. The molecule has 0 radical (unpaired) electrons. The number of carbonyl (C=O) groups is 1. The first-order chi connectivity index (χ1) is 10.8. The highest BCUT2D eigenvalue weighted by Gasteiger charge is 2.31. The lowest BCUT2D eigenvalue weighted by atomic mass is 10.1. The van der Waals surface area contributed by atoms with Crippen molar-refractivity contribution in [2.24, 2.45) is 0 Å². The molecular weight excluding hydrogens is 316 g/mol. The Bertz CT molecular complexity index is 765. The summed E-state index contributed by atoms with van der Waals surface area (Å²) < 4.78 is 55.5. The molecule has 1 heterocycles. The maximum atomic E-state index is 13.6. The van der Waals surface area contributed by atoms with Crippen molar-refractivity contribution in [1.29, 1.82) is 5.26 Å². The van der Waals surface area contributed by atoms with Crippen LogP contribution in [0.15, 0.2) is 36.5 Å². The maximum Gasteiger partial charge on any atom is 0.417 e. The van der Waals surface area contributed by atoms with E-state index in [4.69, 9.17) is 10.00 Å². The molecule has 8 heteroatoms. The number of hydrogen-bond acceptors (Lipinski definition) is 4. The first kappa shape index (κ1) is 16.4. The second-order valence-electron chi connectivity index (χ2n) is 4.42. The summed E-state index contributed by atoms with van der Waals surface area (Å²) in [4.78, 5) is 15.0. The van der Waals surface area contributed by atoms with Crippen LogP contribution in [0.4, 0.5) is 17.6 Å². The third-order valence-corrected chi connectivity index (χ3v) is 2.84. The van der Waals surface area contributed by atoms with Crippen molar-refractivity contribution in [2.75, 3.05) is 0 Å². The number of hydrogen-bond donors (Lipinski definition) is 0. The molecule has 23 heavy (non-hydrogen) atoms. The Balaban J connectivity index is 2.04. The molecule has 0 unspecified atom stereocenters. The van der Waals surface area contributed by atoms with Gasteiger partial charge in [0.15, 0.2) is 0 Å². The lowest BCUT2D eigenvalue weighted by Crippen LogP contribution is -2.11. The van der Waals surface area contributed by atoms with E-state index in [-0.39, 0.29) is 16.8 Å². The second-order valence-corrected chi connectivity index (χ2v) is 4.42. The molecule has 0 saturated heterocycles. The molecule has 0 N–H and O–H groups in total. The van der Waals surface area contributed by atoms with Crippen molar-refractivity contribution in [3.63, 3.8) is 0 Å². The van der Waals surface area contributed by atoms with Crippen molar-refractivity contribution in [3.05, 3.63) is 64.7 Å². The minimum absolute atomic E-state index is 0.0317. The van der Waals surface area contributed by atoms with E-state index in [1.54, 1.807) is 6.07 Å². The van der Waals surface area contributed by atoms with E-state index in [1.165, 1.54) is 12.1 Å². The largest absolute Gasteiger partial charge is 0.456 e. The van der Waals surface area contributed by atoms with Crippen LogP contribution < -0.4 is 0 Å². The van der Waals surface area contributed by atoms with Gasteiger partial charge in [0, 0.05) is 11.8 Å². The molecule has 2 aromatic rings. The molecule has 0 amide bonds. The van der Waals surface area contributed by atoms with Gasteiger partial charge in [0.25, 0.3) is 0 Å². The second kappa shape index (κ2) is 6.44. The first-order valence-electron chi connectivity index (χ1n) is 6.20. The number of esters is 1. The zero-order chi connectivity index (χ0) is 17.0. The number of nitriles is 1. The van der Waals surface area contributed by atoms with Crippen molar-refractivity contribution in [2.45, 2.75) is 12.8 Å². The molecule has 0 bridgehead atoms. The molecule has 1 aromatic carbocycles. The predicted octanol–water partition coefficient (Wildman–Crippen LogP) is 3.47. The van der Waals surface area contributed by atoms with Crippen molar-refractivity contribution >= 4 is 5.97 Å². The summed E-state index contributed by atoms with van der Waals surface area (Å²) in [5.41, 5.74) is -1.18. The number of benzene rings is 1. The zero-order valence-corrected chi connectivity index (χ0v) is 11.4. The summed E-state index contributed by atoms with van der Waals surface area (Å²) in [5.74, 6) is -1.71. The van der Waals surface area contributed by atoms with Gasteiger partial charge in [-0.05, 0) is 24.3 Å². The summed E-state index contributed by atoms with van der Waals surface area (Å²) in [6.07, 6.45) is -4.04. The van der Waals surface area contributed by atoms with Gasteiger partial charge >= 0.3 is 12.1 Å². The van der Waals surface area contributed by atoms with Crippen LogP contribution in [0.3, 0.4) is 0 Å². The average Bonchev–Trinajstić information content (AvgIpc) is 2.52. The van der Waals surface area contributed by atoms with Crippen LogP contribution in [-0.4, -0.2) is 11.0 Å². The fourth-order valence-electron chi connectivity index (χ4n) is 1.63. The predicted molar refractivity (Wildman–Crippen MR) is 69.5 cm³/mol. The Kier molecular flexibility index (Phi) is 4.60. The lowest BCUT2D eigenvalue weighted by Gasteiger charge is -2.08. The normalized spacial score (nSPS) is 10.9. The van der Waals surface area contributed by atoms with E-state index in [2.05, 4.69) is 4.98 Å². The third kappa shape index (κ3) is 4.03. The summed E-state index contributed by atoms with van der Waals surface area (Å²) in [5, 5.41) is 8.61. The molecule has 0 spiro atoms. The van der Waals surface area contributed by atoms with Crippen molar-refractivity contribution in [3.8, 4) is 6.07 Å². The van der Waals surface area contributed by atoms with E-state index < -0.39 is 30.1 Å². The minimum Gasteiger partial charge on any atom is -0.456 e. The molecule has 0 aliphatic heterocycles. The van der Waals surface area contributed by atoms with Crippen LogP contribution in [0.5, 0.6) is 0 Å². The van der Waals surface area contributed by atoms with Crippen molar-refractivity contribution < 1.29 is 27.1 Å². The number of alkyl halides is 3. The maximum absolute atomic E-state index is 13.6. The monoisotopic (exact) mass is 324 g/mol. The summed E-state index contributed by atoms with van der Waals surface area (Å²) >= 11 is 0. The van der Waals surface area contributed by atoms with E-state index in [0.29, 0.717) is 12.3 Å². The number of halogens is 4. The number of aromatic nitrogens is 1. The quantitative estimate of drug-likeness (QED) is 0.641. The Morgan fingerprint density at radius 2 is 2.00 bits per heavy atom. The topological polar surface area (TPSA) is 63.0 Å². The van der Waals surface area contributed by atoms with Gasteiger partial charge in [0.1, 0.15) is 18.1 Å². The summed E-state index contributed by atoms with van der Waals surface area (Å²) in [7, 11) is 0. The lowest BCUT2D eigenvalue weighted by molar-refractivity contribution is -0.137. The molecule has 0 fully saturated rings. The van der Waals surface area contributed by atoms with Crippen LogP contribution in [-0.2, 0) is 17.5 Å². The Morgan fingerprint density at radius 3 is 2.52 bits per heavy atom. The molecule has 1 aromatic heterocycles. The number of rotatable bonds is 3. The van der Waals surface area contributed by atoms with Crippen LogP contribution >= 0.6 is 0 Å². The van der Waals surface area contributed by atoms with E-state index >= 15 is 0 Å². The highest BCUT2D eigenvalue weighted by Crippen LogP contribution is 2.28. The van der Waals surface area contributed by atoms with Crippen molar-refractivity contribution in [1.82, 2.24) is 4.98 Å². The number of pyridine rings is 1. The Hall–Kier alpha value is -2.95. The smallest absolute Gasteiger partial charge is 0.417 e. The number of ether oxygens (including phenoxy) is 1. The van der Waals surface area contributed by atoms with Crippen LogP contribution in [0.1, 0.15) is 27.2 Å². The highest BCUT2D eigenvalue weighted by molar-refractivity contribution is 5.87. The molecule has 2 rings (SSSR count).